The van der Waals surface area contributed by atoms with Crippen LogP contribution < -0.4 is 5.32 Å². The lowest BCUT2D eigenvalue weighted by Crippen LogP contribution is -2.14. The molecule has 2 aromatic carbocycles. The van der Waals surface area contributed by atoms with Crippen LogP contribution in [0, 0.1) is 13.8 Å². The Morgan fingerprint density at radius 3 is 2.35 bits per heavy atom. The number of aryl methyl sites for hydroxylation is 2. The van der Waals surface area contributed by atoms with E-state index < -0.39 is 0 Å². The number of nitrogens with one attached hydrogen (secondary N) is 1. The highest BCUT2D eigenvalue weighted by molar-refractivity contribution is 6.04. The quantitative estimate of drug-likeness (QED) is 0.859. The first kappa shape index (κ1) is 14.3. The highest BCUT2D eigenvalue weighted by atomic mass is 16.1. The zero-order valence-electron chi connectivity index (χ0n) is 12.5. The Kier molecular flexibility index (Phi) is 4.23. The molecule has 0 saturated carbocycles. The number of hydrogen-bond acceptors (Lipinski definition) is 1. The summed E-state index contributed by atoms with van der Waals surface area (Å²) in [5.74, 6) is 0.326. The first-order valence-corrected chi connectivity index (χ1v) is 6.96. The molecule has 104 valence electrons. The van der Waals surface area contributed by atoms with Crippen LogP contribution in [0.15, 0.2) is 42.5 Å². The summed E-state index contributed by atoms with van der Waals surface area (Å²) < 4.78 is 0. The number of rotatable bonds is 3. The summed E-state index contributed by atoms with van der Waals surface area (Å²) in [5, 5.41) is 3.02. The minimum Gasteiger partial charge on any atom is -0.322 e. The third-order valence-electron chi connectivity index (χ3n) is 3.60. The van der Waals surface area contributed by atoms with Gasteiger partial charge in [0.2, 0.25) is 0 Å². The van der Waals surface area contributed by atoms with Gasteiger partial charge in [0.05, 0.1) is 0 Å². The second-order valence-electron chi connectivity index (χ2n) is 5.50. The molecule has 0 bridgehead atoms. The highest BCUT2D eigenvalue weighted by Gasteiger charge is 2.11. The molecular weight excluding hydrogens is 246 g/mol. The maximum Gasteiger partial charge on any atom is 0.255 e. The van der Waals surface area contributed by atoms with E-state index in [1.807, 2.05) is 50.2 Å². The van der Waals surface area contributed by atoms with Crippen molar-refractivity contribution in [1.82, 2.24) is 0 Å². The van der Waals surface area contributed by atoms with E-state index in [9.17, 15) is 4.79 Å². The van der Waals surface area contributed by atoms with Gasteiger partial charge in [0.15, 0.2) is 0 Å². The lowest BCUT2D eigenvalue weighted by atomic mass is 10.0. The molecule has 2 heteroatoms. The number of benzene rings is 2. The lowest BCUT2D eigenvalue weighted by molar-refractivity contribution is 0.102. The van der Waals surface area contributed by atoms with E-state index in [4.69, 9.17) is 0 Å². The first-order chi connectivity index (χ1) is 9.49. The average molecular weight is 267 g/mol. The Bertz CT molecular complexity index is 629. The van der Waals surface area contributed by atoms with Crippen molar-refractivity contribution in [3.63, 3.8) is 0 Å². The number of amides is 1. The molecule has 2 aromatic rings. The smallest absolute Gasteiger partial charge is 0.255 e. The van der Waals surface area contributed by atoms with E-state index in [0.717, 1.165) is 16.8 Å². The normalized spacial score (nSPS) is 10.7. The van der Waals surface area contributed by atoms with Gasteiger partial charge in [0.25, 0.3) is 5.91 Å². The molecule has 0 fully saturated rings. The summed E-state index contributed by atoms with van der Waals surface area (Å²) in [6.45, 7) is 8.32. The van der Waals surface area contributed by atoms with Crippen LogP contribution in [0.2, 0.25) is 0 Å². The van der Waals surface area contributed by atoms with Crippen molar-refractivity contribution in [2.45, 2.75) is 33.6 Å². The highest BCUT2D eigenvalue weighted by Crippen LogP contribution is 2.24. The molecule has 0 unspecified atom stereocenters. The fraction of sp³-hybridized carbons (Fsp3) is 0.278. The predicted octanol–water partition coefficient (Wildman–Crippen LogP) is 4.68. The summed E-state index contributed by atoms with van der Waals surface area (Å²) in [5.41, 5.74) is 5.08. The van der Waals surface area contributed by atoms with Crippen molar-refractivity contribution < 1.29 is 4.79 Å². The van der Waals surface area contributed by atoms with Crippen molar-refractivity contribution in [2.75, 3.05) is 5.32 Å². The minimum atomic E-state index is -0.0544. The Morgan fingerprint density at radius 2 is 1.70 bits per heavy atom. The van der Waals surface area contributed by atoms with Crippen LogP contribution in [-0.4, -0.2) is 5.91 Å². The maximum atomic E-state index is 12.3. The van der Waals surface area contributed by atoms with Crippen molar-refractivity contribution >= 4 is 11.6 Å². The predicted molar refractivity (Wildman–Crippen MR) is 84.4 cm³/mol. The van der Waals surface area contributed by atoms with Crippen LogP contribution in [0.5, 0.6) is 0 Å². The van der Waals surface area contributed by atoms with Crippen molar-refractivity contribution in [1.29, 1.82) is 0 Å². The third-order valence-corrected chi connectivity index (χ3v) is 3.60. The van der Waals surface area contributed by atoms with E-state index >= 15 is 0 Å². The summed E-state index contributed by atoms with van der Waals surface area (Å²) in [6.07, 6.45) is 0. The lowest BCUT2D eigenvalue weighted by Gasteiger charge is -2.14. The van der Waals surface area contributed by atoms with Crippen LogP contribution in [-0.2, 0) is 0 Å². The topological polar surface area (TPSA) is 29.1 Å². The number of carbonyl (C=O) groups excluding carboxylic acids is 1. The maximum absolute atomic E-state index is 12.3. The molecule has 1 N–H and O–H groups in total. The molecule has 0 heterocycles. The Morgan fingerprint density at radius 1 is 1.00 bits per heavy atom. The van der Waals surface area contributed by atoms with Gasteiger partial charge in [0, 0.05) is 11.3 Å². The van der Waals surface area contributed by atoms with Crippen molar-refractivity contribution in [3.05, 3.63) is 64.7 Å². The van der Waals surface area contributed by atoms with E-state index in [1.165, 1.54) is 5.56 Å². The molecule has 0 atom stereocenters. The van der Waals surface area contributed by atoms with Gasteiger partial charge in [-0.1, -0.05) is 38.1 Å². The Hall–Kier alpha value is -2.09. The van der Waals surface area contributed by atoms with Gasteiger partial charge in [-0.3, -0.25) is 4.79 Å². The molecule has 0 radical (unpaired) electrons. The Balaban J connectivity index is 2.26. The second-order valence-corrected chi connectivity index (χ2v) is 5.50. The third kappa shape index (κ3) is 3.08. The zero-order valence-corrected chi connectivity index (χ0v) is 12.5. The molecule has 20 heavy (non-hydrogen) atoms. The molecule has 0 aliphatic carbocycles. The van der Waals surface area contributed by atoms with Gasteiger partial charge < -0.3 is 5.32 Å². The number of carbonyl (C=O) groups is 1. The average Bonchev–Trinajstić information content (AvgIpc) is 2.42. The standard InChI is InChI=1S/C18H21NO/c1-12(2)16-7-5-6-8-17(16)19-18(20)15-10-9-13(3)14(4)11-15/h5-12H,1-4H3,(H,19,20). The SMILES string of the molecule is Cc1ccc(C(=O)Nc2ccccc2C(C)C)cc1C. The monoisotopic (exact) mass is 267 g/mol. The number of anilines is 1. The van der Waals surface area contributed by atoms with Gasteiger partial charge in [0.1, 0.15) is 0 Å². The molecule has 0 aliphatic rings. The van der Waals surface area contributed by atoms with Crippen LogP contribution in [0.1, 0.15) is 46.8 Å². The summed E-state index contributed by atoms with van der Waals surface area (Å²) in [6, 6.07) is 13.7. The largest absolute Gasteiger partial charge is 0.322 e. The summed E-state index contributed by atoms with van der Waals surface area (Å²) in [7, 11) is 0. The van der Waals surface area contributed by atoms with Crippen molar-refractivity contribution in [2.24, 2.45) is 0 Å². The van der Waals surface area contributed by atoms with E-state index in [1.54, 1.807) is 0 Å². The number of hydrogen-bond donors (Lipinski definition) is 1. The van der Waals surface area contributed by atoms with E-state index in [-0.39, 0.29) is 5.91 Å². The van der Waals surface area contributed by atoms with Gasteiger partial charge in [-0.2, -0.15) is 0 Å². The molecule has 1 amide bonds. The van der Waals surface area contributed by atoms with Gasteiger partial charge in [-0.05, 0) is 54.7 Å². The first-order valence-electron chi connectivity index (χ1n) is 6.96. The molecular formula is C18H21NO. The second kappa shape index (κ2) is 5.91. The van der Waals surface area contributed by atoms with Crippen LogP contribution in [0.4, 0.5) is 5.69 Å². The fourth-order valence-electron chi connectivity index (χ4n) is 2.19. The van der Waals surface area contributed by atoms with Crippen LogP contribution >= 0.6 is 0 Å². The molecule has 0 spiro atoms. The van der Waals surface area contributed by atoms with Gasteiger partial charge in [-0.25, -0.2) is 0 Å². The van der Waals surface area contributed by atoms with E-state index in [0.29, 0.717) is 11.5 Å². The minimum absolute atomic E-state index is 0.0544. The van der Waals surface area contributed by atoms with Gasteiger partial charge in [-0.15, -0.1) is 0 Å². The van der Waals surface area contributed by atoms with E-state index in [2.05, 4.69) is 25.2 Å². The molecule has 0 aromatic heterocycles. The summed E-state index contributed by atoms with van der Waals surface area (Å²) >= 11 is 0. The molecule has 0 saturated heterocycles. The number of para-hydroxylation sites is 1. The van der Waals surface area contributed by atoms with Crippen LogP contribution in [0.3, 0.4) is 0 Å². The molecule has 2 rings (SSSR count). The Labute approximate surface area is 120 Å². The van der Waals surface area contributed by atoms with Gasteiger partial charge >= 0.3 is 0 Å². The van der Waals surface area contributed by atoms with Crippen LogP contribution in [0.25, 0.3) is 0 Å². The molecule has 2 nitrogen and oxygen atoms in total. The van der Waals surface area contributed by atoms with Crippen molar-refractivity contribution in [3.8, 4) is 0 Å². The fourth-order valence-corrected chi connectivity index (χ4v) is 2.19. The summed E-state index contributed by atoms with van der Waals surface area (Å²) in [4.78, 5) is 12.3. The zero-order chi connectivity index (χ0) is 14.7. The molecule has 0 aliphatic heterocycles.